The fourth-order valence-electron chi connectivity index (χ4n) is 2.56. The van der Waals surface area contributed by atoms with E-state index in [2.05, 4.69) is 20.8 Å². The zero-order chi connectivity index (χ0) is 17.2. The number of hydrogen-bond donors (Lipinski definition) is 1. The normalized spacial score (nSPS) is 22.5. The van der Waals surface area contributed by atoms with Crippen molar-refractivity contribution in [3.8, 4) is 0 Å². The molecule has 8 nitrogen and oxygen atoms in total. The Balaban J connectivity index is 1.55. The maximum Gasteiger partial charge on any atom is 0.230 e. The number of thioether (sulfide) groups is 1. The standard InChI is InChI=1S/C13H17N5O3S3/c1-13(4-6-24(20,21)9-13)14-11(19)8-23-12-15-16-17-18(12)7-10-3-2-5-22-10/h2-3,5H,4,6-9H2,1H3,(H,14,19)/t13-/m1/s1. The van der Waals surface area contributed by atoms with Gasteiger partial charge in [0.2, 0.25) is 11.1 Å². The SMILES string of the molecule is C[C@@]1(NC(=O)CSc2nnnn2Cc2cccs2)CCS(=O)(=O)C1. The van der Waals surface area contributed by atoms with Gasteiger partial charge in [0.25, 0.3) is 0 Å². The molecule has 1 aliphatic rings. The number of aromatic nitrogens is 4. The highest BCUT2D eigenvalue weighted by Gasteiger charge is 2.39. The quantitative estimate of drug-likeness (QED) is 0.722. The summed E-state index contributed by atoms with van der Waals surface area (Å²) >= 11 is 2.85. The molecule has 130 valence electrons. The van der Waals surface area contributed by atoms with Crippen LogP contribution in [0.15, 0.2) is 22.7 Å². The number of amides is 1. The Hall–Kier alpha value is -1.46. The molecule has 0 bridgehead atoms. The zero-order valence-electron chi connectivity index (χ0n) is 13.0. The molecule has 3 rings (SSSR count). The third kappa shape index (κ3) is 4.33. The van der Waals surface area contributed by atoms with Crippen molar-refractivity contribution in [2.45, 2.75) is 30.6 Å². The van der Waals surface area contributed by atoms with E-state index in [-0.39, 0.29) is 23.2 Å². The second-order valence-corrected chi connectivity index (χ2v) is 10.1. The summed E-state index contributed by atoms with van der Waals surface area (Å²) in [6.07, 6.45) is 0.446. The molecule has 3 heterocycles. The van der Waals surface area contributed by atoms with E-state index in [1.807, 2.05) is 17.5 Å². The van der Waals surface area contributed by atoms with Crippen molar-refractivity contribution in [2.75, 3.05) is 17.3 Å². The number of rotatable bonds is 6. The number of hydrogen-bond acceptors (Lipinski definition) is 8. The van der Waals surface area contributed by atoms with Crippen molar-refractivity contribution in [1.29, 1.82) is 0 Å². The maximum absolute atomic E-state index is 12.1. The highest BCUT2D eigenvalue weighted by atomic mass is 32.2. The van der Waals surface area contributed by atoms with Crippen molar-refractivity contribution < 1.29 is 13.2 Å². The molecule has 24 heavy (non-hydrogen) atoms. The first-order chi connectivity index (χ1) is 11.4. The third-order valence-electron chi connectivity index (χ3n) is 3.66. The molecule has 1 aliphatic heterocycles. The van der Waals surface area contributed by atoms with Crippen molar-refractivity contribution in [3.63, 3.8) is 0 Å². The molecule has 1 fully saturated rings. The average Bonchev–Trinajstić information content (AvgIpc) is 3.19. The second kappa shape index (κ2) is 6.81. The van der Waals surface area contributed by atoms with Crippen LogP contribution in [0.25, 0.3) is 0 Å². The smallest absolute Gasteiger partial charge is 0.230 e. The molecule has 1 N–H and O–H groups in total. The van der Waals surface area contributed by atoms with Crippen LogP contribution < -0.4 is 5.32 Å². The molecule has 2 aromatic heterocycles. The lowest BCUT2D eigenvalue weighted by Crippen LogP contribution is -2.47. The van der Waals surface area contributed by atoms with Gasteiger partial charge in [0.05, 0.1) is 29.3 Å². The van der Waals surface area contributed by atoms with Gasteiger partial charge in [-0.15, -0.1) is 16.4 Å². The summed E-state index contributed by atoms with van der Waals surface area (Å²) in [5.74, 6) is 0.0356. The summed E-state index contributed by atoms with van der Waals surface area (Å²) in [5, 5.41) is 16.9. The Morgan fingerprint density at radius 1 is 1.54 bits per heavy atom. The molecular formula is C13H17N5O3S3. The van der Waals surface area contributed by atoms with Crippen molar-refractivity contribution in [1.82, 2.24) is 25.5 Å². The number of carbonyl (C=O) groups is 1. The van der Waals surface area contributed by atoms with Gasteiger partial charge in [-0.1, -0.05) is 17.8 Å². The minimum absolute atomic E-state index is 0.00742. The van der Waals surface area contributed by atoms with Crippen molar-refractivity contribution in [3.05, 3.63) is 22.4 Å². The molecule has 0 radical (unpaired) electrons. The van der Waals surface area contributed by atoms with Crippen LogP contribution in [0.4, 0.5) is 0 Å². The Bertz CT molecular complexity index is 818. The molecule has 0 aliphatic carbocycles. The van der Waals surface area contributed by atoms with Crippen LogP contribution in [-0.4, -0.2) is 57.3 Å². The number of sulfone groups is 1. The van der Waals surface area contributed by atoms with Gasteiger partial charge in [-0.3, -0.25) is 4.79 Å². The van der Waals surface area contributed by atoms with Gasteiger partial charge >= 0.3 is 0 Å². The van der Waals surface area contributed by atoms with Crippen LogP contribution in [0.2, 0.25) is 0 Å². The van der Waals surface area contributed by atoms with E-state index < -0.39 is 15.4 Å². The van der Waals surface area contributed by atoms with Gasteiger partial charge in [0.15, 0.2) is 9.84 Å². The van der Waals surface area contributed by atoms with E-state index in [4.69, 9.17) is 0 Å². The van der Waals surface area contributed by atoms with Crippen LogP contribution in [0.3, 0.4) is 0 Å². The molecule has 2 aromatic rings. The summed E-state index contributed by atoms with van der Waals surface area (Å²) in [5.41, 5.74) is -0.681. The number of carbonyl (C=O) groups excluding carboxylic acids is 1. The average molecular weight is 388 g/mol. The molecule has 0 saturated carbocycles. The maximum atomic E-state index is 12.1. The fraction of sp³-hybridized carbons (Fsp3) is 0.538. The Morgan fingerprint density at radius 3 is 3.04 bits per heavy atom. The first-order valence-electron chi connectivity index (χ1n) is 7.28. The van der Waals surface area contributed by atoms with Gasteiger partial charge in [0.1, 0.15) is 0 Å². The highest BCUT2D eigenvalue weighted by Crippen LogP contribution is 2.23. The summed E-state index contributed by atoms with van der Waals surface area (Å²) in [6.45, 7) is 2.32. The summed E-state index contributed by atoms with van der Waals surface area (Å²) in [4.78, 5) is 13.3. The largest absolute Gasteiger partial charge is 0.349 e. The first kappa shape index (κ1) is 17.4. The van der Waals surface area contributed by atoms with E-state index in [0.717, 1.165) is 4.88 Å². The lowest BCUT2D eigenvalue weighted by atomic mass is 10.0. The van der Waals surface area contributed by atoms with Crippen LogP contribution in [0.5, 0.6) is 0 Å². The Labute approximate surface area is 147 Å². The Morgan fingerprint density at radius 2 is 2.38 bits per heavy atom. The molecule has 11 heteroatoms. The second-order valence-electron chi connectivity index (χ2n) is 5.94. The van der Waals surface area contributed by atoms with E-state index in [1.165, 1.54) is 11.8 Å². The van der Waals surface area contributed by atoms with E-state index in [1.54, 1.807) is 22.9 Å². The highest BCUT2D eigenvalue weighted by molar-refractivity contribution is 7.99. The van der Waals surface area contributed by atoms with Gasteiger partial charge < -0.3 is 5.32 Å². The van der Waals surface area contributed by atoms with Crippen LogP contribution >= 0.6 is 23.1 Å². The molecule has 0 aromatic carbocycles. The van der Waals surface area contributed by atoms with Crippen LogP contribution in [-0.2, 0) is 21.2 Å². The predicted octanol–water partition coefficient (Wildman–Crippen LogP) is 0.568. The lowest BCUT2D eigenvalue weighted by molar-refractivity contribution is -0.120. The van der Waals surface area contributed by atoms with Crippen molar-refractivity contribution in [2.24, 2.45) is 0 Å². The first-order valence-corrected chi connectivity index (χ1v) is 11.0. The topological polar surface area (TPSA) is 107 Å². The number of nitrogens with zero attached hydrogens (tertiary/aromatic N) is 4. The molecule has 0 spiro atoms. The fourth-order valence-corrected chi connectivity index (χ4v) is 6.02. The molecule has 0 unspecified atom stereocenters. The summed E-state index contributed by atoms with van der Waals surface area (Å²) < 4.78 is 24.8. The molecule has 1 atom stereocenters. The molecular weight excluding hydrogens is 370 g/mol. The third-order valence-corrected chi connectivity index (χ3v) is 7.38. The Kier molecular flexibility index (Phi) is 4.92. The van der Waals surface area contributed by atoms with Gasteiger partial charge in [-0.25, -0.2) is 13.1 Å². The number of thiophene rings is 1. The molecule has 1 saturated heterocycles. The number of tetrazole rings is 1. The predicted molar refractivity (Wildman–Crippen MR) is 91.8 cm³/mol. The van der Waals surface area contributed by atoms with Gasteiger partial charge in [-0.05, 0) is 35.2 Å². The van der Waals surface area contributed by atoms with E-state index in [0.29, 0.717) is 18.1 Å². The zero-order valence-corrected chi connectivity index (χ0v) is 15.5. The minimum Gasteiger partial charge on any atom is -0.349 e. The molecule has 1 amide bonds. The van der Waals surface area contributed by atoms with Gasteiger partial charge in [0, 0.05) is 4.88 Å². The van der Waals surface area contributed by atoms with E-state index in [9.17, 15) is 13.2 Å². The van der Waals surface area contributed by atoms with Crippen LogP contribution in [0, 0.1) is 0 Å². The summed E-state index contributed by atoms with van der Waals surface area (Å²) in [6, 6.07) is 3.95. The van der Waals surface area contributed by atoms with E-state index >= 15 is 0 Å². The monoisotopic (exact) mass is 387 g/mol. The van der Waals surface area contributed by atoms with Crippen molar-refractivity contribution >= 4 is 38.8 Å². The van der Waals surface area contributed by atoms with Crippen LogP contribution in [0.1, 0.15) is 18.2 Å². The minimum atomic E-state index is -3.05. The number of nitrogens with one attached hydrogen (secondary N) is 1. The lowest BCUT2D eigenvalue weighted by Gasteiger charge is -2.23. The van der Waals surface area contributed by atoms with Gasteiger partial charge in [-0.2, -0.15) is 0 Å². The summed E-state index contributed by atoms with van der Waals surface area (Å²) in [7, 11) is -3.05.